The molecule has 0 radical (unpaired) electrons. The maximum absolute atomic E-state index is 5.57. The molecule has 0 saturated carbocycles. The third kappa shape index (κ3) is 3.91. The number of ether oxygens (including phenoxy) is 3. The van der Waals surface area contributed by atoms with Crippen LogP contribution in [0.15, 0.2) is 57.9 Å². The van der Waals surface area contributed by atoms with E-state index < -0.39 is 0 Å². The van der Waals surface area contributed by atoms with Crippen LogP contribution in [0.1, 0.15) is 26.3 Å². The van der Waals surface area contributed by atoms with E-state index in [1.165, 1.54) is 0 Å². The van der Waals surface area contributed by atoms with Gasteiger partial charge in [-0.3, -0.25) is 4.99 Å². The minimum atomic E-state index is 0.159. The Labute approximate surface area is 173 Å². The van der Waals surface area contributed by atoms with Crippen molar-refractivity contribution >= 4 is 17.0 Å². The summed E-state index contributed by atoms with van der Waals surface area (Å²) in [7, 11) is 1.68. The molecule has 0 amide bonds. The van der Waals surface area contributed by atoms with E-state index in [4.69, 9.17) is 24.3 Å². The summed E-state index contributed by atoms with van der Waals surface area (Å²) in [6.07, 6.45) is 0. The first-order valence-corrected chi connectivity index (χ1v) is 10.3. The SMILES string of the molecule is COc1ccccc1-c1csc(=NC(C)C)n1N=C(C)c1ccc2c(c1)OCO2. The van der Waals surface area contributed by atoms with Crippen LogP contribution in [0.3, 0.4) is 0 Å². The molecule has 29 heavy (non-hydrogen) atoms. The molecule has 0 saturated heterocycles. The normalized spacial score (nSPS) is 14.0. The summed E-state index contributed by atoms with van der Waals surface area (Å²) in [5, 5.41) is 6.98. The molecule has 2 heterocycles. The summed E-state index contributed by atoms with van der Waals surface area (Å²) in [5.74, 6) is 2.30. The second kappa shape index (κ2) is 8.13. The first kappa shape index (κ1) is 19.3. The fraction of sp³-hybridized carbons (Fsp3) is 0.273. The average Bonchev–Trinajstić information content (AvgIpc) is 3.34. The van der Waals surface area contributed by atoms with E-state index in [0.717, 1.165) is 44.6 Å². The van der Waals surface area contributed by atoms with Crippen LogP contribution in [0.2, 0.25) is 0 Å². The predicted octanol–water partition coefficient (Wildman–Crippen LogP) is 4.54. The van der Waals surface area contributed by atoms with Gasteiger partial charge in [0.25, 0.3) is 0 Å². The number of hydrogen-bond acceptors (Lipinski definition) is 6. The predicted molar refractivity (Wildman–Crippen MR) is 115 cm³/mol. The quantitative estimate of drug-likeness (QED) is 0.582. The Kier molecular flexibility index (Phi) is 5.40. The van der Waals surface area contributed by atoms with Crippen LogP contribution in [-0.4, -0.2) is 30.3 Å². The average molecular weight is 410 g/mol. The molecule has 0 spiro atoms. The first-order chi connectivity index (χ1) is 14.1. The zero-order valence-corrected chi connectivity index (χ0v) is 17.7. The highest BCUT2D eigenvalue weighted by Gasteiger charge is 2.16. The molecule has 3 aromatic rings. The second-order valence-electron chi connectivity index (χ2n) is 6.89. The van der Waals surface area contributed by atoms with Crippen molar-refractivity contribution in [3.05, 3.63) is 58.2 Å². The highest BCUT2D eigenvalue weighted by Crippen LogP contribution is 2.33. The lowest BCUT2D eigenvalue weighted by Gasteiger charge is -2.10. The molecule has 1 aromatic heterocycles. The van der Waals surface area contributed by atoms with Gasteiger partial charge in [0, 0.05) is 22.5 Å². The molecule has 0 fully saturated rings. The number of para-hydroxylation sites is 1. The van der Waals surface area contributed by atoms with Crippen molar-refractivity contribution in [2.75, 3.05) is 13.9 Å². The zero-order valence-electron chi connectivity index (χ0n) is 16.9. The Bertz CT molecular complexity index is 1130. The van der Waals surface area contributed by atoms with Gasteiger partial charge in [0.15, 0.2) is 11.5 Å². The van der Waals surface area contributed by atoms with Crippen LogP contribution >= 0.6 is 11.3 Å². The van der Waals surface area contributed by atoms with Crippen molar-refractivity contribution < 1.29 is 14.2 Å². The molecule has 7 heteroatoms. The summed E-state index contributed by atoms with van der Waals surface area (Å²) in [6, 6.07) is 13.9. The molecule has 1 aliphatic rings. The van der Waals surface area contributed by atoms with E-state index in [9.17, 15) is 0 Å². The first-order valence-electron chi connectivity index (χ1n) is 9.40. The lowest BCUT2D eigenvalue weighted by atomic mass is 10.1. The molecular formula is C22H23N3O3S. The molecular weight excluding hydrogens is 386 g/mol. The van der Waals surface area contributed by atoms with Crippen molar-refractivity contribution in [1.82, 2.24) is 4.68 Å². The third-order valence-corrected chi connectivity index (χ3v) is 5.31. The van der Waals surface area contributed by atoms with Gasteiger partial charge in [0.2, 0.25) is 11.6 Å². The van der Waals surface area contributed by atoms with Crippen LogP contribution in [-0.2, 0) is 0 Å². The smallest absolute Gasteiger partial charge is 0.231 e. The van der Waals surface area contributed by atoms with E-state index in [1.807, 2.05) is 54.1 Å². The van der Waals surface area contributed by atoms with E-state index in [1.54, 1.807) is 18.4 Å². The van der Waals surface area contributed by atoms with Gasteiger partial charge in [0.05, 0.1) is 18.5 Å². The number of rotatable bonds is 5. The Balaban J connectivity index is 1.85. The summed E-state index contributed by atoms with van der Waals surface area (Å²) >= 11 is 1.56. The van der Waals surface area contributed by atoms with E-state index in [-0.39, 0.29) is 12.8 Å². The topological polar surface area (TPSA) is 57.3 Å². The maximum atomic E-state index is 5.57. The molecule has 0 aliphatic carbocycles. The molecule has 4 rings (SSSR count). The Morgan fingerprint density at radius 1 is 1.14 bits per heavy atom. The lowest BCUT2D eigenvalue weighted by molar-refractivity contribution is 0.174. The highest BCUT2D eigenvalue weighted by molar-refractivity contribution is 7.07. The van der Waals surface area contributed by atoms with Crippen molar-refractivity contribution in [2.45, 2.75) is 26.8 Å². The number of benzene rings is 2. The molecule has 0 N–H and O–H groups in total. The summed E-state index contributed by atoms with van der Waals surface area (Å²) in [4.78, 5) is 5.59. The maximum Gasteiger partial charge on any atom is 0.231 e. The fourth-order valence-corrected chi connectivity index (χ4v) is 4.03. The largest absolute Gasteiger partial charge is 0.496 e. The summed E-state index contributed by atoms with van der Waals surface area (Å²) in [6.45, 7) is 6.35. The number of aromatic nitrogens is 1. The second-order valence-corrected chi connectivity index (χ2v) is 7.73. The van der Waals surface area contributed by atoms with Crippen molar-refractivity contribution in [3.63, 3.8) is 0 Å². The molecule has 1 aliphatic heterocycles. The van der Waals surface area contributed by atoms with E-state index >= 15 is 0 Å². The van der Waals surface area contributed by atoms with E-state index in [2.05, 4.69) is 19.2 Å². The number of thiazole rings is 1. The van der Waals surface area contributed by atoms with Crippen LogP contribution in [0.25, 0.3) is 11.3 Å². The Morgan fingerprint density at radius 3 is 2.72 bits per heavy atom. The lowest BCUT2D eigenvalue weighted by Crippen LogP contribution is -2.16. The van der Waals surface area contributed by atoms with Crippen LogP contribution in [0.5, 0.6) is 17.2 Å². The van der Waals surface area contributed by atoms with E-state index in [0.29, 0.717) is 0 Å². The van der Waals surface area contributed by atoms with Gasteiger partial charge in [-0.05, 0) is 51.1 Å². The summed E-state index contributed by atoms with van der Waals surface area (Å²) in [5.41, 5.74) is 3.73. The van der Waals surface area contributed by atoms with Gasteiger partial charge in [-0.2, -0.15) is 5.10 Å². The Morgan fingerprint density at radius 2 is 1.93 bits per heavy atom. The number of methoxy groups -OCH3 is 1. The van der Waals surface area contributed by atoms with Gasteiger partial charge in [-0.25, -0.2) is 4.68 Å². The molecule has 6 nitrogen and oxygen atoms in total. The van der Waals surface area contributed by atoms with Crippen LogP contribution < -0.4 is 19.0 Å². The van der Waals surface area contributed by atoms with Crippen molar-refractivity contribution in [1.29, 1.82) is 0 Å². The number of hydrogen-bond donors (Lipinski definition) is 0. The van der Waals surface area contributed by atoms with Gasteiger partial charge < -0.3 is 14.2 Å². The molecule has 150 valence electrons. The monoisotopic (exact) mass is 409 g/mol. The highest BCUT2D eigenvalue weighted by atomic mass is 32.1. The van der Waals surface area contributed by atoms with Crippen LogP contribution in [0, 0.1) is 0 Å². The fourth-order valence-electron chi connectivity index (χ4n) is 3.08. The van der Waals surface area contributed by atoms with Gasteiger partial charge in [-0.15, -0.1) is 11.3 Å². The van der Waals surface area contributed by atoms with Gasteiger partial charge in [-0.1, -0.05) is 12.1 Å². The van der Waals surface area contributed by atoms with Gasteiger partial charge >= 0.3 is 0 Å². The van der Waals surface area contributed by atoms with Crippen molar-refractivity contribution in [3.8, 4) is 28.5 Å². The summed E-state index contributed by atoms with van der Waals surface area (Å²) < 4.78 is 18.4. The molecule has 0 atom stereocenters. The minimum absolute atomic E-state index is 0.159. The third-order valence-electron chi connectivity index (χ3n) is 4.48. The molecule has 0 bridgehead atoms. The minimum Gasteiger partial charge on any atom is -0.496 e. The number of fused-ring (bicyclic) bond motifs is 1. The molecule has 2 aromatic carbocycles. The Hall–Kier alpha value is -3.06. The standard InChI is InChI=1S/C22H23N3O3S/c1-14(2)23-22-25(18(12-29-22)17-7-5-6-8-19(17)26-4)24-15(3)16-9-10-20-21(11-16)28-13-27-20/h5-12,14H,13H2,1-4H3. The van der Waals surface area contributed by atoms with Crippen molar-refractivity contribution in [2.24, 2.45) is 10.1 Å². The zero-order chi connectivity index (χ0) is 20.4. The molecule has 0 unspecified atom stereocenters. The number of nitrogens with zero attached hydrogens (tertiary/aromatic N) is 3. The van der Waals surface area contributed by atoms with Crippen LogP contribution in [0.4, 0.5) is 0 Å². The van der Waals surface area contributed by atoms with Gasteiger partial charge in [0.1, 0.15) is 5.75 Å².